The number of hydrogen-bond acceptors (Lipinski definition) is 2. The predicted molar refractivity (Wildman–Crippen MR) is 88.6 cm³/mol. The van der Waals surface area contributed by atoms with Gasteiger partial charge in [-0.1, -0.05) is 18.2 Å². The number of anilines is 1. The quantitative estimate of drug-likeness (QED) is 0.805. The molecule has 0 atom stereocenters. The minimum Gasteiger partial charge on any atom is -0.296 e. The zero-order valence-electron chi connectivity index (χ0n) is 12.5. The number of thiophene rings is 1. The molecule has 0 saturated heterocycles. The molecule has 0 fully saturated rings. The fraction of sp³-hybridized carbons (Fsp3) is 0.235. The number of rotatable bonds is 2. The molecule has 1 aromatic carbocycles. The van der Waals surface area contributed by atoms with Gasteiger partial charge in [0.25, 0.3) is 0 Å². The number of amides is 2. The number of urea groups is 1. The van der Waals surface area contributed by atoms with Crippen molar-refractivity contribution in [1.82, 2.24) is 4.90 Å². The van der Waals surface area contributed by atoms with Crippen LogP contribution in [-0.2, 0) is 6.54 Å². The van der Waals surface area contributed by atoms with Crippen LogP contribution in [0.2, 0.25) is 0 Å². The monoisotopic (exact) mass is 298 g/mol. The lowest BCUT2D eigenvalue weighted by atomic mass is 10.0. The zero-order valence-corrected chi connectivity index (χ0v) is 13.3. The van der Waals surface area contributed by atoms with Gasteiger partial charge in [0.05, 0.1) is 12.2 Å². The van der Waals surface area contributed by atoms with Gasteiger partial charge in [0.1, 0.15) is 0 Å². The molecular formula is C17H18N2OS. The summed E-state index contributed by atoms with van der Waals surface area (Å²) >= 11 is 1.72. The lowest BCUT2D eigenvalue weighted by Gasteiger charge is -2.36. The number of aryl methyl sites for hydroxylation is 2. The Bertz CT molecular complexity index is 732. The number of hydrogen-bond donors (Lipinski definition) is 0. The Balaban J connectivity index is 1.99. The van der Waals surface area contributed by atoms with E-state index in [-0.39, 0.29) is 6.03 Å². The van der Waals surface area contributed by atoms with Crippen LogP contribution in [0.25, 0.3) is 5.70 Å². The van der Waals surface area contributed by atoms with Crippen LogP contribution >= 0.6 is 11.3 Å². The number of nitrogens with zero attached hydrogens (tertiary/aromatic N) is 2. The Hall–Kier alpha value is -2.07. The van der Waals surface area contributed by atoms with Crippen LogP contribution < -0.4 is 4.90 Å². The topological polar surface area (TPSA) is 23.6 Å². The van der Waals surface area contributed by atoms with Gasteiger partial charge in [0.15, 0.2) is 0 Å². The molecule has 1 aliphatic rings. The molecule has 2 aromatic rings. The molecule has 0 aliphatic carbocycles. The second kappa shape index (κ2) is 5.04. The highest BCUT2D eigenvalue weighted by Crippen LogP contribution is 2.36. The molecule has 3 rings (SSSR count). The summed E-state index contributed by atoms with van der Waals surface area (Å²) in [5.41, 5.74) is 3.91. The Morgan fingerprint density at radius 1 is 1.19 bits per heavy atom. The number of benzene rings is 1. The van der Waals surface area contributed by atoms with Crippen molar-refractivity contribution in [2.75, 3.05) is 11.9 Å². The van der Waals surface area contributed by atoms with Gasteiger partial charge in [-0.25, -0.2) is 4.79 Å². The fourth-order valence-corrected chi connectivity index (χ4v) is 3.49. The maximum Gasteiger partial charge on any atom is 0.329 e. The largest absolute Gasteiger partial charge is 0.329 e. The summed E-state index contributed by atoms with van der Waals surface area (Å²) < 4.78 is 0. The second-order valence-electron chi connectivity index (χ2n) is 5.41. The number of fused-ring (bicyclic) bond motifs is 1. The molecule has 108 valence electrons. The van der Waals surface area contributed by atoms with E-state index >= 15 is 0 Å². The summed E-state index contributed by atoms with van der Waals surface area (Å²) in [5, 5.41) is 0. The van der Waals surface area contributed by atoms with E-state index in [1.165, 1.54) is 15.3 Å². The van der Waals surface area contributed by atoms with Gasteiger partial charge in [0, 0.05) is 28.1 Å². The second-order valence-corrected chi connectivity index (χ2v) is 6.78. The van der Waals surface area contributed by atoms with E-state index in [1.54, 1.807) is 21.1 Å². The zero-order chi connectivity index (χ0) is 15.1. The van der Waals surface area contributed by atoms with Crippen LogP contribution in [0.5, 0.6) is 0 Å². The van der Waals surface area contributed by atoms with Crippen molar-refractivity contribution in [3.63, 3.8) is 0 Å². The molecule has 0 bridgehead atoms. The van der Waals surface area contributed by atoms with Crippen LogP contribution in [-0.4, -0.2) is 18.0 Å². The maximum absolute atomic E-state index is 12.6. The predicted octanol–water partition coefficient (Wildman–Crippen LogP) is 4.41. The molecule has 3 nitrogen and oxygen atoms in total. The Morgan fingerprint density at radius 3 is 2.62 bits per heavy atom. The third kappa shape index (κ3) is 2.36. The summed E-state index contributed by atoms with van der Waals surface area (Å²) in [6.07, 6.45) is 0. The van der Waals surface area contributed by atoms with E-state index in [0.29, 0.717) is 6.54 Å². The summed E-state index contributed by atoms with van der Waals surface area (Å²) in [6, 6.07) is 10.2. The minimum atomic E-state index is -0.0255. The average Bonchev–Trinajstić information content (AvgIpc) is 2.86. The van der Waals surface area contributed by atoms with E-state index in [1.807, 2.05) is 19.2 Å². The lowest BCUT2D eigenvalue weighted by molar-refractivity contribution is 0.223. The van der Waals surface area contributed by atoms with Crippen LogP contribution in [0.1, 0.15) is 20.9 Å². The van der Waals surface area contributed by atoms with Gasteiger partial charge < -0.3 is 0 Å². The van der Waals surface area contributed by atoms with Crippen molar-refractivity contribution < 1.29 is 4.79 Å². The standard InChI is InChI=1S/C17H18N2OS/c1-11-5-8-16-15(9-11)13(3)19(17(20)18(16)4)10-14-7-6-12(2)21-14/h5-9H,3,10H2,1-2,4H3. The molecule has 4 heteroatoms. The average molecular weight is 298 g/mol. The van der Waals surface area contributed by atoms with Crippen LogP contribution in [0.15, 0.2) is 36.9 Å². The van der Waals surface area contributed by atoms with Crippen molar-refractivity contribution in [2.24, 2.45) is 0 Å². The maximum atomic E-state index is 12.6. The summed E-state index contributed by atoms with van der Waals surface area (Å²) in [6.45, 7) is 8.85. The van der Waals surface area contributed by atoms with E-state index in [0.717, 1.165) is 16.9 Å². The Kier molecular flexibility index (Phi) is 3.33. The smallest absolute Gasteiger partial charge is 0.296 e. The first-order chi connectivity index (χ1) is 9.97. The van der Waals surface area contributed by atoms with Crippen LogP contribution in [0.4, 0.5) is 10.5 Å². The highest BCUT2D eigenvalue weighted by atomic mass is 32.1. The van der Waals surface area contributed by atoms with Crippen LogP contribution in [0, 0.1) is 13.8 Å². The Labute approximate surface area is 129 Å². The van der Waals surface area contributed by atoms with Crippen molar-refractivity contribution in [3.05, 3.63) is 57.8 Å². The van der Waals surface area contributed by atoms with Crippen molar-refractivity contribution in [3.8, 4) is 0 Å². The number of carbonyl (C=O) groups excluding carboxylic acids is 1. The van der Waals surface area contributed by atoms with Crippen LogP contribution in [0.3, 0.4) is 0 Å². The van der Waals surface area contributed by atoms with Gasteiger partial charge >= 0.3 is 6.03 Å². The number of carbonyl (C=O) groups is 1. The molecule has 2 heterocycles. The molecule has 21 heavy (non-hydrogen) atoms. The molecule has 0 N–H and O–H groups in total. The van der Waals surface area contributed by atoms with Gasteiger partial charge in [-0.3, -0.25) is 9.80 Å². The first kappa shape index (κ1) is 13.9. The van der Waals surface area contributed by atoms with Crippen molar-refractivity contribution in [2.45, 2.75) is 20.4 Å². The molecule has 0 saturated carbocycles. The van der Waals surface area contributed by atoms with E-state index < -0.39 is 0 Å². The highest BCUT2D eigenvalue weighted by molar-refractivity contribution is 7.11. The SMILES string of the molecule is C=C1c2cc(C)ccc2N(C)C(=O)N1Cc1ccc(C)s1. The molecule has 1 aliphatic heterocycles. The highest BCUT2D eigenvalue weighted by Gasteiger charge is 2.31. The van der Waals surface area contributed by atoms with E-state index in [2.05, 4.69) is 38.6 Å². The molecule has 0 radical (unpaired) electrons. The third-order valence-corrected chi connectivity index (χ3v) is 4.76. The molecule has 0 spiro atoms. The molecule has 0 unspecified atom stereocenters. The van der Waals surface area contributed by atoms with Gasteiger partial charge in [-0.05, 0) is 38.1 Å². The normalized spacial score (nSPS) is 14.6. The fourth-order valence-electron chi connectivity index (χ4n) is 2.61. The molecule has 2 amide bonds. The summed E-state index contributed by atoms with van der Waals surface area (Å²) in [5.74, 6) is 0. The molecule has 1 aromatic heterocycles. The summed E-state index contributed by atoms with van der Waals surface area (Å²) in [7, 11) is 1.82. The first-order valence-electron chi connectivity index (χ1n) is 6.88. The molecular weight excluding hydrogens is 280 g/mol. The van der Waals surface area contributed by atoms with Crippen molar-refractivity contribution in [1.29, 1.82) is 0 Å². The lowest BCUT2D eigenvalue weighted by Crippen LogP contribution is -2.43. The van der Waals surface area contributed by atoms with Gasteiger partial charge in [-0.2, -0.15) is 0 Å². The first-order valence-corrected chi connectivity index (χ1v) is 7.69. The van der Waals surface area contributed by atoms with E-state index in [9.17, 15) is 4.79 Å². The summed E-state index contributed by atoms with van der Waals surface area (Å²) in [4.78, 5) is 18.5. The van der Waals surface area contributed by atoms with E-state index in [4.69, 9.17) is 0 Å². The Morgan fingerprint density at radius 2 is 1.95 bits per heavy atom. The van der Waals surface area contributed by atoms with Crippen molar-refractivity contribution >= 4 is 28.8 Å². The van der Waals surface area contributed by atoms with Gasteiger partial charge in [-0.15, -0.1) is 11.3 Å². The minimum absolute atomic E-state index is 0.0255. The van der Waals surface area contributed by atoms with Gasteiger partial charge in [0.2, 0.25) is 0 Å². The third-order valence-electron chi connectivity index (χ3n) is 3.78.